The molecule has 0 amide bonds. The van der Waals surface area contributed by atoms with E-state index in [0.29, 0.717) is 16.5 Å². The Balaban J connectivity index is 2.37. The Bertz CT molecular complexity index is 714. The van der Waals surface area contributed by atoms with Gasteiger partial charge in [0.1, 0.15) is 5.75 Å². The Hall–Kier alpha value is -1.72. The molecular formula is C15H16ClNO3S. The van der Waals surface area contributed by atoms with E-state index in [2.05, 4.69) is 0 Å². The fourth-order valence-electron chi connectivity index (χ4n) is 1.92. The van der Waals surface area contributed by atoms with Gasteiger partial charge >= 0.3 is 0 Å². The number of sulfonamides is 1. The quantitative estimate of drug-likeness (QED) is 0.847. The van der Waals surface area contributed by atoms with Gasteiger partial charge < -0.3 is 4.74 Å². The van der Waals surface area contributed by atoms with Gasteiger partial charge in [0.2, 0.25) is 10.0 Å². The summed E-state index contributed by atoms with van der Waals surface area (Å²) in [7, 11) is -1.86. The van der Waals surface area contributed by atoms with Gasteiger partial charge in [-0.3, -0.25) is 4.31 Å². The van der Waals surface area contributed by atoms with E-state index in [1.807, 2.05) is 0 Å². The first kappa shape index (κ1) is 15.7. The van der Waals surface area contributed by atoms with Gasteiger partial charge in [0.15, 0.2) is 0 Å². The Morgan fingerprint density at radius 3 is 2.38 bits per heavy atom. The maximum absolute atomic E-state index is 12.1. The van der Waals surface area contributed by atoms with E-state index in [1.54, 1.807) is 55.6 Å². The first-order valence-corrected chi connectivity index (χ1v) is 8.49. The van der Waals surface area contributed by atoms with E-state index in [0.717, 1.165) is 5.56 Å². The Morgan fingerprint density at radius 1 is 1.14 bits per heavy atom. The molecule has 0 bridgehead atoms. The van der Waals surface area contributed by atoms with Crippen molar-refractivity contribution in [3.8, 4) is 5.75 Å². The topological polar surface area (TPSA) is 46.6 Å². The van der Waals surface area contributed by atoms with E-state index in [-0.39, 0.29) is 6.54 Å². The van der Waals surface area contributed by atoms with Crippen molar-refractivity contribution >= 4 is 27.3 Å². The molecule has 0 saturated carbocycles. The molecule has 2 aromatic carbocycles. The normalized spacial score (nSPS) is 11.2. The molecule has 0 fully saturated rings. The van der Waals surface area contributed by atoms with Crippen LogP contribution in [0.5, 0.6) is 5.75 Å². The summed E-state index contributed by atoms with van der Waals surface area (Å²) < 4.78 is 30.6. The lowest BCUT2D eigenvalue weighted by Crippen LogP contribution is -2.29. The standard InChI is InChI=1S/C15H16ClNO3S/c1-20-15-5-3-4-14(10-15)17(21(2,18)19)11-12-6-8-13(16)9-7-12/h3-10H,11H2,1-2H3. The second-order valence-electron chi connectivity index (χ2n) is 4.60. The fraction of sp³-hybridized carbons (Fsp3) is 0.200. The molecule has 0 saturated heterocycles. The number of rotatable bonds is 5. The van der Waals surface area contributed by atoms with Crippen molar-refractivity contribution in [3.05, 3.63) is 59.1 Å². The molecule has 6 heteroatoms. The van der Waals surface area contributed by atoms with Gasteiger partial charge in [0.05, 0.1) is 25.6 Å². The number of hydrogen-bond donors (Lipinski definition) is 0. The SMILES string of the molecule is COc1cccc(N(Cc2ccc(Cl)cc2)S(C)(=O)=O)c1. The predicted molar refractivity (Wildman–Crippen MR) is 85.5 cm³/mol. The Kier molecular flexibility index (Phi) is 4.75. The van der Waals surface area contributed by atoms with Crippen molar-refractivity contribution in [2.75, 3.05) is 17.7 Å². The lowest BCUT2D eigenvalue weighted by atomic mass is 10.2. The van der Waals surface area contributed by atoms with Crippen molar-refractivity contribution in [2.45, 2.75) is 6.54 Å². The van der Waals surface area contributed by atoms with E-state index >= 15 is 0 Å². The van der Waals surface area contributed by atoms with Crippen LogP contribution in [0.1, 0.15) is 5.56 Å². The van der Waals surface area contributed by atoms with Gasteiger partial charge in [0.25, 0.3) is 0 Å². The second-order valence-corrected chi connectivity index (χ2v) is 6.94. The number of ether oxygens (including phenoxy) is 1. The molecule has 112 valence electrons. The van der Waals surface area contributed by atoms with Crippen LogP contribution in [0.15, 0.2) is 48.5 Å². The van der Waals surface area contributed by atoms with Gasteiger partial charge in [-0.25, -0.2) is 8.42 Å². The van der Waals surface area contributed by atoms with Crippen LogP contribution in [0.3, 0.4) is 0 Å². The highest BCUT2D eigenvalue weighted by molar-refractivity contribution is 7.92. The van der Waals surface area contributed by atoms with E-state index in [4.69, 9.17) is 16.3 Å². The average molecular weight is 326 g/mol. The number of halogens is 1. The summed E-state index contributed by atoms with van der Waals surface area (Å²) >= 11 is 5.85. The number of nitrogens with zero attached hydrogens (tertiary/aromatic N) is 1. The molecule has 2 aromatic rings. The molecule has 0 spiro atoms. The monoisotopic (exact) mass is 325 g/mol. The largest absolute Gasteiger partial charge is 0.497 e. The van der Waals surface area contributed by atoms with Crippen molar-refractivity contribution in [1.29, 1.82) is 0 Å². The average Bonchev–Trinajstić information content (AvgIpc) is 2.45. The minimum Gasteiger partial charge on any atom is -0.497 e. The van der Waals surface area contributed by atoms with Crippen LogP contribution in [0.25, 0.3) is 0 Å². The van der Waals surface area contributed by atoms with Crippen LogP contribution in [0.4, 0.5) is 5.69 Å². The highest BCUT2D eigenvalue weighted by Gasteiger charge is 2.18. The molecule has 4 nitrogen and oxygen atoms in total. The summed E-state index contributed by atoms with van der Waals surface area (Å²) in [5, 5.41) is 0.617. The van der Waals surface area contributed by atoms with Crippen LogP contribution in [-0.4, -0.2) is 21.8 Å². The lowest BCUT2D eigenvalue weighted by molar-refractivity contribution is 0.415. The van der Waals surface area contributed by atoms with Gasteiger partial charge in [-0.05, 0) is 29.8 Å². The molecule has 0 unspecified atom stereocenters. The van der Waals surface area contributed by atoms with Crippen molar-refractivity contribution in [3.63, 3.8) is 0 Å². The number of benzene rings is 2. The van der Waals surface area contributed by atoms with Crippen molar-refractivity contribution < 1.29 is 13.2 Å². The zero-order chi connectivity index (χ0) is 15.5. The molecular weight excluding hydrogens is 310 g/mol. The van der Waals surface area contributed by atoms with Gasteiger partial charge in [-0.1, -0.05) is 29.8 Å². The third-order valence-corrected chi connectivity index (χ3v) is 4.37. The van der Waals surface area contributed by atoms with Crippen LogP contribution in [-0.2, 0) is 16.6 Å². The van der Waals surface area contributed by atoms with E-state index in [9.17, 15) is 8.42 Å². The van der Waals surface area contributed by atoms with Crippen LogP contribution in [0.2, 0.25) is 5.02 Å². The minimum absolute atomic E-state index is 0.239. The van der Waals surface area contributed by atoms with Crippen molar-refractivity contribution in [1.82, 2.24) is 0 Å². The summed E-state index contributed by atoms with van der Waals surface area (Å²) in [5.41, 5.74) is 1.42. The maximum atomic E-state index is 12.1. The number of hydrogen-bond acceptors (Lipinski definition) is 3. The third kappa shape index (κ3) is 4.12. The Morgan fingerprint density at radius 2 is 1.81 bits per heavy atom. The molecule has 0 N–H and O–H groups in total. The maximum Gasteiger partial charge on any atom is 0.232 e. The Labute approximate surface area is 130 Å². The summed E-state index contributed by atoms with van der Waals surface area (Å²) in [6, 6.07) is 14.0. The van der Waals surface area contributed by atoms with Gasteiger partial charge in [-0.15, -0.1) is 0 Å². The molecule has 0 aromatic heterocycles. The highest BCUT2D eigenvalue weighted by Crippen LogP contribution is 2.25. The zero-order valence-corrected chi connectivity index (χ0v) is 13.4. The molecule has 0 atom stereocenters. The first-order chi connectivity index (χ1) is 9.90. The highest BCUT2D eigenvalue weighted by atomic mass is 35.5. The second kappa shape index (κ2) is 6.37. The van der Waals surface area contributed by atoms with Crippen LogP contribution in [0, 0.1) is 0 Å². The molecule has 21 heavy (non-hydrogen) atoms. The zero-order valence-electron chi connectivity index (χ0n) is 11.8. The van der Waals surface area contributed by atoms with Gasteiger partial charge in [-0.2, -0.15) is 0 Å². The van der Waals surface area contributed by atoms with Crippen LogP contribution >= 0.6 is 11.6 Å². The first-order valence-electron chi connectivity index (χ1n) is 6.26. The molecule has 0 aliphatic heterocycles. The summed E-state index contributed by atoms with van der Waals surface area (Å²) in [4.78, 5) is 0. The van der Waals surface area contributed by atoms with Crippen LogP contribution < -0.4 is 9.04 Å². The molecule has 0 aliphatic carbocycles. The molecule has 0 heterocycles. The molecule has 2 rings (SSSR count). The van der Waals surface area contributed by atoms with Crippen molar-refractivity contribution in [2.24, 2.45) is 0 Å². The van der Waals surface area contributed by atoms with E-state index in [1.165, 1.54) is 10.6 Å². The fourth-order valence-corrected chi connectivity index (χ4v) is 2.93. The predicted octanol–water partition coefficient (Wildman–Crippen LogP) is 3.31. The molecule has 0 aliphatic rings. The minimum atomic E-state index is -3.41. The summed E-state index contributed by atoms with van der Waals surface area (Å²) in [6.45, 7) is 0.239. The van der Waals surface area contributed by atoms with E-state index < -0.39 is 10.0 Å². The smallest absolute Gasteiger partial charge is 0.232 e. The molecule has 0 radical (unpaired) electrons. The number of methoxy groups -OCH3 is 1. The number of anilines is 1. The van der Waals surface area contributed by atoms with Gasteiger partial charge in [0, 0.05) is 11.1 Å². The summed E-state index contributed by atoms with van der Waals surface area (Å²) in [5.74, 6) is 0.609. The lowest BCUT2D eigenvalue weighted by Gasteiger charge is -2.23. The summed E-state index contributed by atoms with van der Waals surface area (Å²) in [6.07, 6.45) is 1.18. The third-order valence-electron chi connectivity index (χ3n) is 2.98.